The Morgan fingerprint density at radius 2 is 1.38 bits per heavy atom. The van der Waals surface area contributed by atoms with E-state index in [0.717, 1.165) is 19.3 Å². The third kappa shape index (κ3) is 7.06. The molecular weight excluding hydrogens is 388 g/mol. The zero-order valence-corrected chi connectivity index (χ0v) is 16.9. The van der Waals surface area contributed by atoms with Crippen LogP contribution in [0.25, 0.3) is 0 Å². The van der Waals surface area contributed by atoms with E-state index in [2.05, 4.69) is 6.92 Å². The molecule has 2 aliphatic rings. The van der Waals surface area contributed by atoms with Crippen molar-refractivity contribution in [3.8, 4) is 0 Å². The van der Waals surface area contributed by atoms with Crippen molar-refractivity contribution >= 4 is 0 Å². The number of hydrogen-bond acceptors (Lipinski definition) is 10. The molecule has 2 heterocycles. The van der Waals surface area contributed by atoms with E-state index >= 15 is 0 Å². The lowest BCUT2D eigenvalue weighted by molar-refractivity contribution is -0.320. The summed E-state index contributed by atoms with van der Waals surface area (Å²) in [6.45, 7) is 1.99. The van der Waals surface area contributed by atoms with E-state index in [0.29, 0.717) is 6.61 Å². The Morgan fingerprint density at radius 3 is 2.10 bits per heavy atom. The van der Waals surface area contributed by atoms with Crippen LogP contribution in [0.15, 0.2) is 0 Å². The van der Waals surface area contributed by atoms with Crippen LogP contribution in [0, 0.1) is 0 Å². The summed E-state index contributed by atoms with van der Waals surface area (Å²) < 4.78 is 21.6. The van der Waals surface area contributed by atoms with Crippen molar-refractivity contribution in [2.24, 2.45) is 0 Å². The van der Waals surface area contributed by atoms with Crippen LogP contribution in [0.4, 0.5) is 0 Å². The topological polar surface area (TPSA) is 158 Å². The molecule has 0 aromatic carbocycles. The predicted molar refractivity (Wildman–Crippen MR) is 99.7 cm³/mol. The van der Waals surface area contributed by atoms with E-state index in [1.807, 2.05) is 0 Å². The molecule has 0 aromatic rings. The highest BCUT2D eigenvalue weighted by Gasteiger charge is 2.45. The molecule has 172 valence electrons. The normalized spacial score (nSPS) is 40.9. The first-order chi connectivity index (χ1) is 13.9. The van der Waals surface area contributed by atoms with E-state index in [4.69, 9.17) is 18.9 Å². The zero-order chi connectivity index (χ0) is 21.4. The van der Waals surface area contributed by atoms with Crippen molar-refractivity contribution in [1.82, 2.24) is 0 Å². The van der Waals surface area contributed by atoms with Gasteiger partial charge in [0.15, 0.2) is 12.6 Å². The van der Waals surface area contributed by atoms with Crippen molar-refractivity contribution in [3.63, 3.8) is 0 Å². The summed E-state index contributed by atoms with van der Waals surface area (Å²) in [4.78, 5) is 0. The molecule has 10 nitrogen and oxygen atoms in total. The molecule has 6 N–H and O–H groups in total. The van der Waals surface area contributed by atoms with Crippen LogP contribution in [0.2, 0.25) is 0 Å². The average Bonchev–Trinajstić information content (AvgIpc) is 2.71. The van der Waals surface area contributed by atoms with E-state index in [-0.39, 0.29) is 13.2 Å². The van der Waals surface area contributed by atoms with E-state index in [1.165, 1.54) is 19.3 Å². The van der Waals surface area contributed by atoms with Crippen molar-refractivity contribution in [3.05, 3.63) is 0 Å². The molecular formula is C19H36O10. The minimum Gasteiger partial charge on any atom is -0.388 e. The second kappa shape index (κ2) is 12.5. The first-order valence-electron chi connectivity index (χ1n) is 10.5. The molecule has 2 fully saturated rings. The molecule has 2 rings (SSSR count). The maximum absolute atomic E-state index is 10.1. The summed E-state index contributed by atoms with van der Waals surface area (Å²) in [5.41, 5.74) is 0. The van der Waals surface area contributed by atoms with Crippen LogP contribution in [-0.2, 0) is 18.9 Å². The molecule has 2 aliphatic heterocycles. The van der Waals surface area contributed by atoms with Gasteiger partial charge in [-0.2, -0.15) is 0 Å². The smallest absolute Gasteiger partial charge is 0.186 e. The molecule has 0 saturated carbocycles. The lowest BCUT2D eigenvalue weighted by Crippen LogP contribution is -2.60. The monoisotopic (exact) mass is 424 g/mol. The Morgan fingerprint density at radius 1 is 0.724 bits per heavy atom. The maximum Gasteiger partial charge on any atom is 0.186 e. The molecule has 29 heavy (non-hydrogen) atoms. The quantitative estimate of drug-likeness (QED) is 0.218. The maximum atomic E-state index is 10.1. The highest BCUT2D eigenvalue weighted by atomic mass is 16.7. The first kappa shape index (κ1) is 24.9. The van der Waals surface area contributed by atoms with Crippen LogP contribution < -0.4 is 0 Å². The Balaban J connectivity index is 1.77. The standard InChI is InChI=1S/C19H36O10/c1-2-3-4-5-6-7-8-26-19-17(25)15(23)14(22)12(29-19)10-28-18-16(24)13(21)11(20)9-27-18/h11-25H,2-10H2,1H3/t11-,12+,13-,14+,15-,16+,17+,18-,19+/m0/s1. The third-order valence-corrected chi connectivity index (χ3v) is 5.33. The Bertz CT molecular complexity index is 453. The summed E-state index contributed by atoms with van der Waals surface area (Å²) in [6, 6.07) is 0. The van der Waals surface area contributed by atoms with Gasteiger partial charge in [0.2, 0.25) is 0 Å². The summed E-state index contributed by atoms with van der Waals surface area (Å²) in [6.07, 6.45) is -5.42. The van der Waals surface area contributed by atoms with E-state index < -0.39 is 55.3 Å². The molecule has 0 unspecified atom stereocenters. The van der Waals surface area contributed by atoms with Gasteiger partial charge >= 0.3 is 0 Å². The summed E-state index contributed by atoms with van der Waals surface area (Å²) in [7, 11) is 0. The molecule has 0 amide bonds. The highest BCUT2D eigenvalue weighted by Crippen LogP contribution is 2.24. The lowest BCUT2D eigenvalue weighted by atomic mass is 9.99. The number of unbranched alkanes of at least 4 members (excludes halogenated alkanes) is 5. The highest BCUT2D eigenvalue weighted by molar-refractivity contribution is 4.90. The number of hydrogen-bond donors (Lipinski definition) is 6. The second-order valence-electron chi connectivity index (χ2n) is 7.74. The average molecular weight is 424 g/mol. The third-order valence-electron chi connectivity index (χ3n) is 5.33. The molecule has 0 spiro atoms. The van der Waals surface area contributed by atoms with Gasteiger partial charge in [-0.25, -0.2) is 0 Å². The van der Waals surface area contributed by atoms with Gasteiger partial charge in [-0.05, 0) is 6.42 Å². The van der Waals surface area contributed by atoms with Crippen molar-refractivity contribution in [2.75, 3.05) is 19.8 Å². The Kier molecular flexibility index (Phi) is 10.7. The Hall–Kier alpha value is -0.400. The Labute approximate surface area is 171 Å². The van der Waals surface area contributed by atoms with Gasteiger partial charge in [0, 0.05) is 6.61 Å². The fourth-order valence-electron chi connectivity index (χ4n) is 3.39. The van der Waals surface area contributed by atoms with Gasteiger partial charge in [-0.15, -0.1) is 0 Å². The van der Waals surface area contributed by atoms with Gasteiger partial charge in [0.05, 0.1) is 13.2 Å². The molecule has 0 radical (unpaired) electrons. The molecule has 0 aliphatic carbocycles. The SMILES string of the molecule is CCCCCCCCO[C@@H]1O[C@H](CO[C@@H]2OC[C@H](O)[C@H](O)[C@H]2O)[C@@H](O)[C@H](O)[C@H]1O. The van der Waals surface area contributed by atoms with E-state index in [1.54, 1.807) is 0 Å². The van der Waals surface area contributed by atoms with Crippen LogP contribution >= 0.6 is 0 Å². The second-order valence-corrected chi connectivity index (χ2v) is 7.74. The number of aliphatic hydroxyl groups is 6. The van der Waals surface area contributed by atoms with Gasteiger partial charge in [0.1, 0.15) is 42.7 Å². The van der Waals surface area contributed by atoms with Crippen molar-refractivity contribution < 1.29 is 49.6 Å². The molecule has 2 saturated heterocycles. The summed E-state index contributed by atoms with van der Waals surface area (Å²) in [5.74, 6) is 0. The first-order valence-corrected chi connectivity index (χ1v) is 10.5. The van der Waals surface area contributed by atoms with E-state index in [9.17, 15) is 30.6 Å². The fraction of sp³-hybridized carbons (Fsp3) is 1.00. The number of aliphatic hydroxyl groups excluding tert-OH is 6. The van der Waals surface area contributed by atoms with Crippen LogP contribution in [-0.4, -0.2) is 106 Å². The largest absolute Gasteiger partial charge is 0.388 e. The van der Waals surface area contributed by atoms with Crippen LogP contribution in [0.1, 0.15) is 45.4 Å². The minimum absolute atomic E-state index is 0.220. The minimum atomic E-state index is -1.49. The van der Waals surface area contributed by atoms with Crippen molar-refractivity contribution in [1.29, 1.82) is 0 Å². The number of ether oxygens (including phenoxy) is 4. The fourth-order valence-corrected chi connectivity index (χ4v) is 3.39. The molecule has 0 bridgehead atoms. The summed E-state index contributed by atoms with van der Waals surface area (Å²) >= 11 is 0. The summed E-state index contributed by atoms with van der Waals surface area (Å²) in [5, 5.41) is 59.3. The van der Waals surface area contributed by atoms with Gasteiger partial charge in [-0.3, -0.25) is 0 Å². The molecule has 0 aromatic heterocycles. The van der Waals surface area contributed by atoms with Gasteiger partial charge < -0.3 is 49.6 Å². The van der Waals surface area contributed by atoms with Crippen molar-refractivity contribution in [2.45, 2.75) is 101 Å². The molecule has 9 atom stereocenters. The predicted octanol–water partition coefficient (Wildman–Crippen LogP) is -1.37. The zero-order valence-electron chi connectivity index (χ0n) is 16.9. The van der Waals surface area contributed by atoms with Crippen LogP contribution in [0.3, 0.4) is 0 Å². The molecule has 10 heteroatoms. The van der Waals surface area contributed by atoms with Gasteiger partial charge in [0.25, 0.3) is 0 Å². The lowest BCUT2D eigenvalue weighted by Gasteiger charge is -2.41. The van der Waals surface area contributed by atoms with Gasteiger partial charge in [-0.1, -0.05) is 39.0 Å². The number of rotatable bonds is 11. The van der Waals surface area contributed by atoms with Crippen LogP contribution in [0.5, 0.6) is 0 Å².